The van der Waals surface area contributed by atoms with Crippen molar-refractivity contribution >= 4 is 15.8 Å². The third kappa shape index (κ3) is 2.43. The molecule has 1 aliphatic rings. The molecule has 1 saturated carbocycles. The number of sulfonamides is 1. The van der Waals surface area contributed by atoms with Crippen LogP contribution in [0.2, 0.25) is 0 Å². The van der Waals surface area contributed by atoms with E-state index in [0.29, 0.717) is 12.8 Å². The van der Waals surface area contributed by atoms with E-state index in [9.17, 15) is 8.42 Å². The van der Waals surface area contributed by atoms with Crippen LogP contribution < -0.4 is 10.5 Å². The predicted octanol–water partition coefficient (Wildman–Crippen LogP) is -0.542. The Labute approximate surface area is 100.0 Å². The first-order chi connectivity index (χ1) is 7.92. The number of nitrogens with zero attached hydrogens (tertiary/aromatic N) is 2. The zero-order chi connectivity index (χ0) is 12.6. The van der Waals surface area contributed by atoms with Crippen LogP contribution in [0, 0.1) is 0 Å². The van der Waals surface area contributed by atoms with Crippen molar-refractivity contribution in [1.82, 2.24) is 14.5 Å². The number of nitrogen functional groups attached to an aromatic ring is 1. The molecule has 17 heavy (non-hydrogen) atoms. The van der Waals surface area contributed by atoms with Gasteiger partial charge in [0.05, 0.1) is 6.10 Å². The molecular weight excluding hydrogens is 244 g/mol. The summed E-state index contributed by atoms with van der Waals surface area (Å²) >= 11 is 0. The average molecular weight is 260 g/mol. The van der Waals surface area contributed by atoms with Crippen LogP contribution >= 0.6 is 0 Å². The molecule has 8 heteroatoms. The molecule has 0 radical (unpaired) electrons. The number of rotatable bonds is 4. The normalized spacial score (nSPS) is 24.6. The number of aryl methyl sites for hydroxylation is 1. The second kappa shape index (κ2) is 4.28. The van der Waals surface area contributed by atoms with Crippen molar-refractivity contribution in [3.05, 3.63) is 6.20 Å². The zero-order valence-electron chi connectivity index (χ0n) is 9.75. The molecule has 1 fully saturated rings. The Morgan fingerprint density at radius 1 is 1.59 bits per heavy atom. The van der Waals surface area contributed by atoms with E-state index < -0.39 is 10.0 Å². The van der Waals surface area contributed by atoms with Crippen LogP contribution in [0.4, 0.5) is 5.82 Å². The highest BCUT2D eigenvalue weighted by molar-refractivity contribution is 7.89. The first-order valence-corrected chi connectivity index (χ1v) is 6.75. The van der Waals surface area contributed by atoms with Gasteiger partial charge >= 0.3 is 0 Å². The number of ether oxygens (including phenoxy) is 1. The van der Waals surface area contributed by atoms with Crippen LogP contribution in [0.3, 0.4) is 0 Å². The van der Waals surface area contributed by atoms with Gasteiger partial charge in [-0.25, -0.2) is 13.1 Å². The molecule has 0 saturated heterocycles. The maximum absolute atomic E-state index is 12.0. The number of nitrogens with two attached hydrogens (primary N) is 1. The molecule has 0 bridgehead atoms. The minimum atomic E-state index is -3.58. The highest BCUT2D eigenvalue weighted by atomic mass is 32.2. The van der Waals surface area contributed by atoms with Gasteiger partial charge in [0.1, 0.15) is 4.90 Å². The molecule has 0 aromatic carbocycles. The summed E-state index contributed by atoms with van der Waals surface area (Å²) in [5.74, 6) is 0.0163. The lowest BCUT2D eigenvalue weighted by Gasteiger charge is -2.34. The Hall–Kier alpha value is -1.12. The molecule has 3 N–H and O–H groups in total. The molecule has 7 nitrogen and oxygen atoms in total. The Bertz CT molecular complexity index is 504. The van der Waals surface area contributed by atoms with Gasteiger partial charge < -0.3 is 10.5 Å². The van der Waals surface area contributed by atoms with E-state index in [4.69, 9.17) is 10.5 Å². The van der Waals surface area contributed by atoms with Gasteiger partial charge in [-0.05, 0) is 12.8 Å². The van der Waals surface area contributed by atoms with Crippen LogP contribution in [-0.2, 0) is 21.8 Å². The number of anilines is 1. The lowest BCUT2D eigenvalue weighted by atomic mass is 9.90. The molecule has 0 aliphatic heterocycles. The molecule has 0 unspecified atom stereocenters. The van der Waals surface area contributed by atoms with Crippen molar-refractivity contribution in [1.29, 1.82) is 0 Å². The molecule has 0 spiro atoms. The van der Waals surface area contributed by atoms with Crippen molar-refractivity contribution in [2.75, 3.05) is 12.8 Å². The van der Waals surface area contributed by atoms with Gasteiger partial charge in [-0.2, -0.15) is 5.10 Å². The molecular formula is C9H16N4O3S. The average Bonchev–Trinajstić information content (AvgIpc) is 2.51. The van der Waals surface area contributed by atoms with Crippen LogP contribution in [-0.4, -0.2) is 37.5 Å². The fraction of sp³-hybridized carbons (Fsp3) is 0.667. The number of aromatic nitrogens is 2. The topological polar surface area (TPSA) is 99.2 Å². The second-order valence-corrected chi connectivity index (χ2v) is 5.88. The lowest BCUT2D eigenvalue weighted by molar-refractivity contribution is 0.0236. The molecule has 96 valence electrons. The van der Waals surface area contributed by atoms with E-state index in [-0.39, 0.29) is 22.9 Å². The maximum atomic E-state index is 12.0. The Morgan fingerprint density at radius 3 is 2.71 bits per heavy atom. The summed E-state index contributed by atoms with van der Waals surface area (Å²) in [6.45, 7) is 0. The summed E-state index contributed by atoms with van der Waals surface area (Å²) in [5, 5.41) is 3.81. The Morgan fingerprint density at radius 2 is 2.24 bits per heavy atom. The van der Waals surface area contributed by atoms with Gasteiger partial charge in [0.2, 0.25) is 10.0 Å². The van der Waals surface area contributed by atoms with Crippen LogP contribution in [0.25, 0.3) is 0 Å². The van der Waals surface area contributed by atoms with E-state index in [1.807, 2.05) is 0 Å². The van der Waals surface area contributed by atoms with Crippen LogP contribution in [0.15, 0.2) is 11.1 Å². The van der Waals surface area contributed by atoms with E-state index in [1.165, 1.54) is 10.9 Å². The quantitative estimate of drug-likeness (QED) is 0.757. The summed E-state index contributed by atoms with van der Waals surface area (Å²) in [5.41, 5.74) is 5.54. The van der Waals surface area contributed by atoms with Crippen molar-refractivity contribution < 1.29 is 13.2 Å². The van der Waals surface area contributed by atoms with Gasteiger partial charge in [-0.15, -0.1) is 0 Å². The van der Waals surface area contributed by atoms with E-state index >= 15 is 0 Å². The largest absolute Gasteiger partial charge is 0.381 e. The molecule has 2 rings (SSSR count). The Balaban J connectivity index is 2.07. The first-order valence-electron chi connectivity index (χ1n) is 5.26. The second-order valence-electron chi connectivity index (χ2n) is 4.20. The van der Waals surface area contributed by atoms with Gasteiger partial charge in [0.25, 0.3) is 0 Å². The monoisotopic (exact) mass is 260 g/mol. The number of nitrogens with one attached hydrogen (secondary N) is 1. The fourth-order valence-corrected chi connectivity index (χ4v) is 3.19. The van der Waals surface area contributed by atoms with Crippen molar-refractivity contribution in [2.45, 2.75) is 29.9 Å². The molecule has 1 aromatic rings. The maximum Gasteiger partial charge on any atom is 0.246 e. The van der Waals surface area contributed by atoms with Gasteiger partial charge in [-0.1, -0.05) is 0 Å². The number of methoxy groups -OCH3 is 1. The van der Waals surface area contributed by atoms with Gasteiger partial charge in [-0.3, -0.25) is 4.68 Å². The van der Waals surface area contributed by atoms with E-state index in [2.05, 4.69) is 9.82 Å². The third-order valence-corrected chi connectivity index (χ3v) is 4.40. The molecule has 1 heterocycles. The van der Waals surface area contributed by atoms with Gasteiger partial charge in [0.15, 0.2) is 5.82 Å². The lowest BCUT2D eigenvalue weighted by Crippen LogP contribution is -2.47. The van der Waals surface area contributed by atoms with E-state index in [1.54, 1.807) is 14.2 Å². The molecule has 0 amide bonds. The summed E-state index contributed by atoms with van der Waals surface area (Å²) < 4.78 is 33.0. The van der Waals surface area contributed by atoms with Gasteiger partial charge in [0, 0.05) is 26.4 Å². The zero-order valence-corrected chi connectivity index (χ0v) is 10.6. The molecule has 0 atom stereocenters. The first kappa shape index (κ1) is 12.3. The third-order valence-electron chi connectivity index (χ3n) is 2.86. The molecule has 1 aliphatic carbocycles. The Kier molecular flexibility index (Phi) is 3.11. The summed E-state index contributed by atoms with van der Waals surface area (Å²) in [6.07, 6.45) is 2.92. The highest BCUT2D eigenvalue weighted by Gasteiger charge is 2.33. The smallest absolute Gasteiger partial charge is 0.246 e. The minimum absolute atomic E-state index is 0.0163. The summed E-state index contributed by atoms with van der Waals surface area (Å²) in [7, 11) is -0.332. The standard InChI is InChI=1S/C9H16N4O3S/c1-13-5-8(9(10)11-13)17(14,15)12-6-3-7(4-6)16-2/h5-7,12H,3-4H2,1-2H3,(H2,10,11). The van der Waals surface area contributed by atoms with Crippen molar-refractivity contribution in [3.63, 3.8) is 0 Å². The fourth-order valence-electron chi connectivity index (χ4n) is 1.83. The van der Waals surface area contributed by atoms with Crippen molar-refractivity contribution in [2.24, 2.45) is 7.05 Å². The predicted molar refractivity (Wildman–Crippen MR) is 61.8 cm³/mol. The summed E-state index contributed by atoms with van der Waals surface area (Å²) in [4.78, 5) is 0.0286. The molecule has 1 aromatic heterocycles. The number of hydrogen-bond acceptors (Lipinski definition) is 5. The van der Waals surface area contributed by atoms with Crippen molar-refractivity contribution in [3.8, 4) is 0 Å². The minimum Gasteiger partial charge on any atom is -0.381 e. The van der Waals surface area contributed by atoms with Crippen LogP contribution in [0.1, 0.15) is 12.8 Å². The van der Waals surface area contributed by atoms with E-state index in [0.717, 1.165) is 0 Å². The summed E-state index contributed by atoms with van der Waals surface area (Å²) in [6, 6.07) is -0.0791. The van der Waals surface area contributed by atoms with Crippen LogP contribution in [0.5, 0.6) is 0 Å². The number of hydrogen-bond donors (Lipinski definition) is 2. The highest BCUT2D eigenvalue weighted by Crippen LogP contribution is 2.25. The SMILES string of the molecule is COC1CC(NS(=O)(=O)c2cn(C)nc2N)C1.